The SMILES string of the molecule is CC1C(=O)CCC1CC(=O)NCCC1CC(O)C1. The van der Waals surface area contributed by atoms with Crippen LogP contribution in [0.25, 0.3) is 0 Å². The molecule has 2 saturated carbocycles. The predicted molar refractivity (Wildman–Crippen MR) is 67.9 cm³/mol. The van der Waals surface area contributed by atoms with Gasteiger partial charge in [0.05, 0.1) is 6.10 Å². The molecule has 0 bridgehead atoms. The monoisotopic (exact) mass is 253 g/mol. The van der Waals surface area contributed by atoms with Gasteiger partial charge in [-0.1, -0.05) is 6.92 Å². The van der Waals surface area contributed by atoms with E-state index in [-0.39, 0.29) is 23.8 Å². The highest BCUT2D eigenvalue weighted by Gasteiger charge is 2.32. The van der Waals surface area contributed by atoms with Crippen molar-refractivity contribution in [3.8, 4) is 0 Å². The summed E-state index contributed by atoms with van der Waals surface area (Å²) in [6.07, 6.45) is 4.59. The van der Waals surface area contributed by atoms with E-state index >= 15 is 0 Å². The molecule has 4 heteroatoms. The summed E-state index contributed by atoms with van der Waals surface area (Å²) in [5.41, 5.74) is 0. The van der Waals surface area contributed by atoms with Crippen molar-refractivity contribution in [2.45, 2.75) is 51.6 Å². The molecule has 0 aromatic heterocycles. The maximum atomic E-state index is 11.7. The van der Waals surface area contributed by atoms with Gasteiger partial charge in [0.15, 0.2) is 0 Å². The van der Waals surface area contributed by atoms with E-state index in [9.17, 15) is 9.59 Å². The highest BCUT2D eigenvalue weighted by Crippen LogP contribution is 2.31. The number of hydrogen-bond acceptors (Lipinski definition) is 3. The van der Waals surface area contributed by atoms with Crippen molar-refractivity contribution >= 4 is 11.7 Å². The molecule has 0 aromatic carbocycles. The Hall–Kier alpha value is -0.900. The van der Waals surface area contributed by atoms with Crippen LogP contribution in [0.2, 0.25) is 0 Å². The molecule has 4 nitrogen and oxygen atoms in total. The molecule has 0 heterocycles. The molecule has 0 spiro atoms. The third kappa shape index (κ3) is 3.31. The van der Waals surface area contributed by atoms with Crippen molar-refractivity contribution < 1.29 is 14.7 Å². The molecular formula is C14H23NO3. The van der Waals surface area contributed by atoms with Gasteiger partial charge >= 0.3 is 0 Å². The minimum absolute atomic E-state index is 0.0533. The maximum Gasteiger partial charge on any atom is 0.220 e. The van der Waals surface area contributed by atoms with Crippen LogP contribution in [0.15, 0.2) is 0 Å². The normalized spacial score (nSPS) is 35.3. The van der Waals surface area contributed by atoms with Crippen molar-refractivity contribution in [2.75, 3.05) is 6.54 Å². The zero-order valence-electron chi connectivity index (χ0n) is 11.0. The maximum absolute atomic E-state index is 11.7. The van der Waals surface area contributed by atoms with Gasteiger partial charge in [-0.2, -0.15) is 0 Å². The fraction of sp³-hybridized carbons (Fsp3) is 0.857. The van der Waals surface area contributed by atoms with Crippen LogP contribution in [0.5, 0.6) is 0 Å². The molecule has 1 amide bonds. The lowest BCUT2D eigenvalue weighted by atomic mass is 9.80. The van der Waals surface area contributed by atoms with Crippen molar-refractivity contribution in [1.82, 2.24) is 5.32 Å². The Kier molecular flexibility index (Phi) is 4.38. The number of rotatable bonds is 5. The molecule has 18 heavy (non-hydrogen) atoms. The Morgan fingerprint density at radius 1 is 1.44 bits per heavy atom. The summed E-state index contributed by atoms with van der Waals surface area (Å²) in [6.45, 7) is 2.63. The van der Waals surface area contributed by atoms with Gasteiger partial charge < -0.3 is 10.4 Å². The molecule has 2 unspecified atom stereocenters. The number of ketones is 1. The van der Waals surface area contributed by atoms with Gasteiger partial charge in [0.2, 0.25) is 5.91 Å². The van der Waals surface area contributed by atoms with E-state index in [1.54, 1.807) is 0 Å². The summed E-state index contributed by atoms with van der Waals surface area (Å²) in [6, 6.07) is 0. The van der Waals surface area contributed by atoms with Crippen molar-refractivity contribution in [1.29, 1.82) is 0 Å². The first-order chi connectivity index (χ1) is 8.56. The first-order valence-electron chi connectivity index (χ1n) is 7.03. The van der Waals surface area contributed by atoms with E-state index in [0.717, 1.165) is 25.7 Å². The highest BCUT2D eigenvalue weighted by molar-refractivity contribution is 5.84. The van der Waals surface area contributed by atoms with Crippen LogP contribution in [0.3, 0.4) is 0 Å². The smallest absolute Gasteiger partial charge is 0.220 e. The molecule has 2 N–H and O–H groups in total. The standard InChI is InChI=1S/C14H23NO3/c1-9-11(2-3-13(9)17)8-14(18)15-5-4-10-6-12(16)7-10/h9-12,16H,2-8H2,1H3,(H,15,18). The molecule has 2 fully saturated rings. The number of carbonyl (C=O) groups excluding carboxylic acids is 2. The van der Waals surface area contributed by atoms with Gasteiger partial charge in [-0.15, -0.1) is 0 Å². The summed E-state index contributed by atoms with van der Waals surface area (Å²) in [7, 11) is 0. The van der Waals surface area contributed by atoms with E-state index in [4.69, 9.17) is 5.11 Å². The number of hydrogen-bond donors (Lipinski definition) is 2. The largest absolute Gasteiger partial charge is 0.393 e. The van der Waals surface area contributed by atoms with Gasteiger partial charge in [-0.3, -0.25) is 9.59 Å². The number of Topliss-reactive ketones (excluding diaryl/α,β-unsaturated/α-hetero) is 1. The summed E-state index contributed by atoms with van der Waals surface area (Å²) in [5, 5.41) is 12.1. The number of amides is 1. The average Bonchev–Trinajstić information content (AvgIpc) is 2.58. The number of aliphatic hydroxyl groups is 1. The Balaban J connectivity index is 1.59. The molecule has 102 valence electrons. The zero-order chi connectivity index (χ0) is 13.1. The lowest BCUT2D eigenvalue weighted by Gasteiger charge is -2.31. The highest BCUT2D eigenvalue weighted by atomic mass is 16.3. The van der Waals surface area contributed by atoms with Crippen LogP contribution in [-0.2, 0) is 9.59 Å². The van der Waals surface area contributed by atoms with Crippen LogP contribution < -0.4 is 5.32 Å². The number of carbonyl (C=O) groups is 2. The molecule has 2 aliphatic rings. The number of aliphatic hydroxyl groups excluding tert-OH is 1. The van der Waals surface area contributed by atoms with Crippen LogP contribution in [0.4, 0.5) is 0 Å². The third-order valence-electron chi connectivity index (χ3n) is 4.51. The van der Waals surface area contributed by atoms with Crippen molar-refractivity contribution in [2.24, 2.45) is 17.8 Å². The van der Waals surface area contributed by atoms with Crippen molar-refractivity contribution in [3.63, 3.8) is 0 Å². The van der Waals surface area contributed by atoms with E-state index in [1.165, 1.54) is 0 Å². The van der Waals surface area contributed by atoms with Crippen LogP contribution in [0.1, 0.15) is 45.4 Å². The molecule has 0 radical (unpaired) electrons. The van der Waals surface area contributed by atoms with Gasteiger partial charge in [-0.05, 0) is 37.5 Å². The summed E-state index contributed by atoms with van der Waals surface area (Å²) >= 11 is 0. The van der Waals surface area contributed by atoms with E-state index in [0.29, 0.717) is 31.1 Å². The first kappa shape index (κ1) is 13.5. The lowest BCUT2D eigenvalue weighted by Crippen LogP contribution is -2.33. The second-order valence-electron chi connectivity index (χ2n) is 5.89. The number of nitrogens with one attached hydrogen (secondary N) is 1. The molecule has 0 aromatic rings. The Morgan fingerprint density at radius 2 is 2.17 bits per heavy atom. The Bertz CT molecular complexity index is 323. The second kappa shape index (κ2) is 5.83. The van der Waals surface area contributed by atoms with Crippen LogP contribution in [0, 0.1) is 17.8 Å². The van der Waals surface area contributed by atoms with E-state index < -0.39 is 0 Å². The quantitative estimate of drug-likeness (QED) is 0.775. The predicted octanol–water partition coefficient (Wildman–Crippen LogP) is 1.27. The van der Waals surface area contributed by atoms with Crippen LogP contribution in [-0.4, -0.2) is 29.4 Å². The first-order valence-corrected chi connectivity index (χ1v) is 7.03. The molecule has 2 rings (SSSR count). The van der Waals surface area contributed by atoms with E-state index in [1.807, 2.05) is 6.92 Å². The zero-order valence-corrected chi connectivity index (χ0v) is 11.0. The van der Waals surface area contributed by atoms with Crippen molar-refractivity contribution in [3.05, 3.63) is 0 Å². The van der Waals surface area contributed by atoms with Crippen LogP contribution >= 0.6 is 0 Å². The third-order valence-corrected chi connectivity index (χ3v) is 4.51. The van der Waals surface area contributed by atoms with Gasteiger partial charge in [0.25, 0.3) is 0 Å². The fourth-order valence-corrected chi connectivity index (χ4v) is 3.01. The lowest BCUT2D eigenvalue weighted by molar-refractivity contribution is -0.123. The summed E-state index contributed by atoms with van der Waals surface area (Å²) in [5.74, 6) is 1.24. The minimum Gasteiger partial charge on any atom is -0.393 e. The minimum atomic E-state index is -0.115. The van der Waals surface area contributed by atoms with Gasteiger partial charge in [-0.25, -0.2) is 0 Å². The molecule has 2 atom stereocenters. The summed E-state index contributed by atoms with van der Waals surface area (Å²) in [4.78, 5) is 23.1. The average molecular weight is 253 g/mol. The van der Waals surface area contributed by atoms with Gasteiger partial charge in [0.1, 0.15) is 5.78 Å². The molecule has 0 saturated heterocycles. The summed E-state index contributed by atoms with van der Waals surface area (Å²) < 4.78 is 0. The Morgan fingerprint density at radius 3 is 2.72 bits per heavy atom. The van der Waals surface area contributed by atoms with Gasteiger partial charge in [0, 0.05) is 25.3 Å². The molecule has 2 aliphatic carbocycles. The Labute approximate surface area is 108 Å². The molecule has 0 aliphatic heterocycles. The topological polar surface area (TPSA) is 66.4 Å². The second-order valence-corrected chi connectivity index (χ2v) is 5.89. The van der Waals surface area contributed by atoms with E-state index in [2.05, 4.69) is 5.32 Å². The fourth-order valence-electron chi connectivity index (χ4n) is 3.01. The molecular weight excluding hydrogens is 230 g/mol.